The fourth-order valence-corrected chi connectivity index (χ4v) is 1.83. The number of nitrogens with zero attached hydrogens (tertiary/aromatic N) is 2. The molecule has 0 aliphatic rings. The lowest BCUT2D eigenvalue weighted by Gasteiger charge is -2.09. The minimum atomic E-state index is 0.683. The number of hydrogen-bond acceptors (Lipinski definition) is 3. The fraction of sp³-hybridized carbons (Fsp3) is 0.250. The zero-order chi connectivity index (χ0) is 12.3. The minimum Gasteiger partial charge on any atom is -0.397 e. The van der Waals surface area contributed by atoms with Gasteiger partial charge in [0, 0.05) is 36.9 Å². The van der Waals surface area contributed by atoms with Crippen LogP contribution in [0.3, 0.4) is 0 Å². The third kappa shape index (κ3) is 2.91. The van der Waals surface area contributed by atoms with Gasteiger partial charge in [-0.2, -0.15) is 5.10 Å². The predicted molar refractivity (Wildman–Crippen MR) is 71.3 cm³/mol. The van der Waals surface area contributed by atoms with E-state index in [0.717, 1.165) is 18.7 Å². The highest BCUT2D eigenvalue weighted by molar-refractivity contribution is 6.31. The van der Waals surface area contributed by atoms with Gasteiger partial charge in [-0.1, -0.05) is 11.6 Å². The minimum absolute atomic E-state index is 0.683. The summed E-state index contributed by atoms with van der Waals surface area (Å²) < 4.78 is 1.86. The second-order valence-corrected chi connectivity index (χ2v) is 4.29. The monoisotopic (exact) mass is 250 g/mol. The molecule has 0 fully saturated rings. The van der Waals surface area contributed by atoms with Crippen molar-refractivity contribution >= 4 is 23.0 Å². The summed E-state index contributed by atoms with van der Waals surface area (Å²) in [4.78, 5) is 0. The quantitative estimate of drug-likeness (QED) is 0.819. The Morgan fingerprint density at radius 2 is 2.24 bits per heavy atom. The second kappa shape index (κ2) is 5.10. The van der Waals surface area contributed by atoms with E-state index in [-0.39, 0.29) is 0 Å². The summed E-state index contributed by atoms with van der Waals surface area (Å²) >= 11 is 5.91. The summed E-state index contributed by atoms with van der Waals surface area (Å²) in [6.07, 6.45) is 2.69. The van der Waals surface area contributed by atoms with Crippen LogP contribution in [-0.2, 0) is 13.5 Å². The molecule has 0 saturated carbocycles. The second-order valence-electron chi connectivity index (χ2n) is 3.85. The lowest BCUT2D eigenvalue weighted by atomic mass is 10.2. The molecule has 0 atom stereocenters. The molecule has 0 amide bonds. The number of halogens is 1. The van der Waals surface area contributed by atoms with Gasteiger partial charge in [0.1, 0.15) is 0 Å². The Morgan fingerprint density at radius 1 is 1.41 bits per heavy atom. The van der Waals surface area contributed by atoms with Crippen LogP contribution in [0, 0.1) is 0 Å². The molecule has 1 aromatic heterocycles. The number of rotatable bonds is 4. The molecule has 0 spiro atoms. The highest BCUT2D eigenvalue weighted by atomic mass is 35.5. The summed E-state index contributed by atoms with van der Waals surface area (Å²) in [6, 6.07) is 7.42. The van der Waals surface area contributed by atoms with Crippen LogP contribution in [0.4, 0.5) is 11.4 Å². The van der Waals surface area contributed by atoms with Crippen LogP contribution in [0.1, 0.15) is 5.69 Å². The van der Waals surface area contributed by atoms with Crippen LogP contribution in [0.5, 0.6) is 0 Å². The predicted octanol–water partition coefficient (Wildman–Crippen LogP) is 2.31. The lowest BCUT2D eigenvalue weighted by Crippen LogP contribution is -2.09. The normalized spacial score (nSPS) is 10.5. The number of benzene rings is 1. The Labute approximate surface area is 105 Å². The van der Waals surface area contributed by atoms with E-state index < -0.39 is 0 Å². The third-order valence-corrected chi connectivity index (χ3v) is 2.87. The molecule has 2 aromatic rings. The number of hydrogen-bond donors (Lipinski definition) is 2. The summed E-state index contributed by atoms with van der Waals surface area (Å²) in [7, 11) is 1.93. The Morgan fingerprint density at radius 3 is 2.94 bits per heavy atom. The average molecular weight is 251 g/mol. The molecule has 0 radical (unpaired) electrons. The first-order chi connectivity index (χ1) is 8.16. The van der Waals surface area contributed by atoms with Gasteiger partial charge in [-0.25, -0.2) is 0 Å². The summed E-state index contributed by atoms with van der Waals surface area (Å²) in [5.74, 6) is 0. The summed E-state index contributed by atoms with van der Waals surface area (Å²) in [5.41, 5.74) is 8.60. The van der Waals surface area contributed by atoms with E-state index >= 15 is 0 Å². The molecule has 1 aromatic carbocycles. The molecule has 17 heavy (non-hydrogen) atoms. The first-order valence-electron chi connectivity index (χ1n) is 5.42. The standard InChI is InChI=1S/C12H15ClN4/c1-17-10(5-7-16-17)4-6-15-12-8-9(13)2-3-11(12)14/h2-3,5,7-8,15H,4,6,14H2,1H3. The molecule has 1 heterocycles. The zero-order valence-corrected chi connectivity index (χ0v) is 10.4. The van der Waals surface area contributed by atoms with E-state index in [9.17, 15) is 0 Å². The van der Waals surface area contributed by atoms with Crippen molar-refractivity contribution in [3.63, 3.8) is 0 Å². The topological polar surface area (TPSA) is 55.9 Å². The van der Waals surface area contributed by atoms with Crippen LogP contribution in [0.2, 0.25) is 5.02 Å². The molecule has 0 aliphatic heterocycles. The van der Waals surface area contributed by atoms with Gasteiger partial charge < -0.3 is 11.1 Å². The highest BCUT2D eigenvalue weighted by Gasteiger charge is 2.01. The fourth-order valence-electron chi connectivity index (χ4n) is 1.65. The van der Waals surface area contributed by atoms with Crippen LogP contribution in [0.15, 0.2) is 30.5 Å². The van der Waals surface area contributed by atoms with Crippen molar-refractivity contribution in [2.75, 3.05) is 17.6 Å². The lowest BCUT2D eigenvalue weighted by molar-refractivity contribution is 0.711. The molecule has 0 saturated heterocycles. The molecular weight excluding hydrogens is 236 g/mol. The Kier molecular flexibility index (Phi) is 3.54. The number of nitrogens with one attached hydrogen (secondary N) is 1. The number of nitrogens with two attached hydrogens (primary N) is 1. The van der Waals surface area contributed by atoms with Crippen LogP contribution in [0.25, 0.3) is 0 Å². The first-order valence-corrected chi connectivity index (χ1v) is 5.80. The highest BCUT2D eigenvalue weighted by Crippen LogP contribution is 2.22. The summed E-state index contributed by atoms with van der Waals surface area (Å²) in [6.45, 7) is 0.796. The van der Waals surface area contributed by atoms with E-state index in [4.69, 9.17) is 17.3 Å². The van der Waals surface area contributed by atoms with Gasteiger partial charge >= 0.3 is 0 Å². The van der Waals surface area contributed by atoms with E-state index in [2.05, 4.69) is 10.4 Å². The maximum Gasteiger partial charge on any atom is 0.0588 e. The van der Waals surface area contributed by atoms with Crippen LogP contribution >= 0.6 is 11.6 Å². The van der Waals surface area contributed by atoms with Gasteiger partial charge in [0.2, 0.25) is 0 Å². The maximum atomic E-state index is 5.91. The number of anilines is 2. The van der Waals surface area contributed by atoms with Crippen molar-refractivity contribution in [2.45, 2.75) is 6.42 Å². The number of aromatic nitrogens is 2. The van der Waals surface area contributed by atoms with Gasteiger partial charge in [0.15, 0.2) is 0 Å². The van der Waals surface area contributed by atoms with E-state index in [1.165, 1.54) is 5.69 Å². The van der Waals surface area contributed by atoms with Crippen molar-refractivity contribution in [2.24, 2.45) is 7.05 Å². The molecule has 90 valence electrons. The molecule has 4 nitrogen and oxygen atoms in total. The van der Waals surface area contributed by atoms with Gasteiger partial charge in [0.25, 0.3) is 0 Å². The molecule has 5 heteroatoms. The summed E-state index contributed by atoms with van der Waals surface area (Å²) in [5, 5.41) is 8.07. The molecular formula is C12H15ClN4. The van der Waals surface area contributed by atoms with Crippen molar-refractivity contribution < 1.29 is 0 Å². The largest absolute Gasteiger partial charge is 0.397 e. The maximum absolute atomic E-state index is 5.91. The van der Waals surface area contributed by atoms with Gasteiger partial charge in [0.05, 0.1) is 11.4 Å². The third-order valence-electron chi connectivity index (χ3n) is 2.63. The van der Waals surface area contributed by atoms with Crippen molar-refractivity contribution in [1.29, 1.82) is 0 Å². The van der Waals surface area contributed by atoms with Crippen LogP contribution < -0.4 is 11.1 Å². The molecule has 0 bridgehead atoms. The Hall–Kier alpha value is -1.68. The molecule has 2 rings (SSSR count). The van der Waals surface area contributed by atoms with Crippen LogP contribution in [-0.4, -0.2) is 16.3 Å². The van der Waals surface area contributed by atoms with E-state index in [1.807, 2.05) is 23.9 Å². The number of aryl methyl sites for hydroxylation is 1. The average Bonchev–Trinajstić information content (AvgIpc) is 2.70. The Bertz CT molecular complexity index is 507. The van der Waals surface area contributed by atoms with Gasteiger partial charge in [-0.05, 0) is 24.3 Å². The van der Waals surface area contributed by atoms with E-state index in [0.29, 0.717) is 10.7 Å². The van der Waals surface area contributed by atoms with Gasteiger partial charge in [-0.3, -0.25) is 4.68 Å². The number of nitrogen functional groups attached to an aromatic ring is 1. The van der Waals surface area contributed by atoms with Crippen molar-refractivity contribution in [3.05, 3.63) is 41.2 Å². The molecule has 0 aliphatic carbocycles. The Balaban J connectivity index is 1.94. The van der Waals surface area contributed by atoms with E-state index in [1.54, 1.807) is 18.3 Å². The SMILES string of the molecule is Cn1nccc1CCNc1cc(Cl)ccc1N. The zero-order valence-electron chi connectivity index (χ0n) is 9.65. The van der Waals surface area contributed by atoms with Gasteiger partial charge in [-0.15, -0.1) is 0 Å². The molecule has 3 N–H and O–H groups in total. The van der Waals surface area contributed by atoms with Crippen molar-refractivity contribution in [1.82, 2.24) is 9.78 Å². The first kappa shape index (κ1) is 11.8. The molecule has 0 unspecified atom stereocenters. The van der Waals surface area contributed by atoms with Crippen molar-refractivity contribution in [3.8, 4) is 0 Å². The smallest absolute Gasteiger partial charge is 0.0588 e.